The van der Waals surface area contributed by atoms with E-state index in [1.807, 2.05) is 5.48 Å². The van der Waals surface area contributed by atoms with Gasteiger partial charge in [-0.2, -0.15) is 0 Å². The van der Waals surface area contributed by atoms with Gasteiger partial charge in [-0.25, -0.2) is 14.0 Å². The quantitative estimate of drug-likeness (QED) is 0.222. The van der Waals surface area contributed by atoms with Crippen molar-refractivity contribution >= 4 is 18.8 Å². The lowest BCUT2D eigenvalue weighted by atomic mass is 10.2. The van der Waals surface area contributed by atoms with Crippen LogP contribution in [0.3, 0.4) is 0 Å². The van der Waals surface area contributed by atoms with Crippen LogP contribution >= 0.6 is 7.29 Å². The smallest absolute Gasteiger partial charge is 0.287 e. The second-order valence-electron chi connectivity index (χ2n) is 5.53. The zero-order valence-electron chi connectivity index (χ0n) is 14.0. The number of rotatable bonds is 7. The minimum absolute atomic E-state index is 0.00275. The molecule has 3 N–H and O–H groups in total. The molecule has 11 heteroatoms. The molecule has 1 aromatic carbocycles. The molecule has 0 aliphatic rings. The summed E-state index contributed by atoms with van der Waals surface area (Å²) in [7, 11) is -2.36. The van der Waals surface area contributed by atoms with Gasteiger partial charge in [0, 0.05) is 19.9 Å². The average molecular weight is 371 g/mol. The molecule has 25 heavy (non-hydrogen) atoms. The van der Waals surface area contributed by atoms with E-state index in [2.05, 4.69) is 25.0 Å². The summed E-state index contributed by atoms with van der Waals surface area (Å²) in [5.74, 6) is -0.434. The summed E-state index contributed by atoms with van der Waals surface area (Å²) < 4.78 is 34.9. The van der Waals surface area contributed by atoms with Crippen molar-refractivity contribution in [2.24, 2.45) is 4.99 Å². The lowest BCUT2D eigenvalue weighted by Crippen LogP contribution is -2.23. The van der Waals surface area contributed by atoms with E-state index in [-0.39, 0.29) is 29.8 Å². The van der Waals surface area contributed by atoms with E-state index in [0.29, 0.717) is 17.8 Å². The molecule has 0 amide bonds. The van der Waals surface area contributed by atoms with Crippen LogP contribution in [0.2, 0.25) is 0 Å². The fraction of sp³-hybridized carbons (Fsp3) is 0.357. The summed E-state index contributed by atoms with van der Waals surface area (Å²) in [4.78, 5) is 4.14. The van der Waals surface area contributed by atoms with E-state index in [4.69, 9.17) is 4.74 Å². The number of halogens is 1. The van der Waals surface area contributed by atoms with Crippen LogP contribution in [0.25, 0.3) is 0 Å². The molecule has 136 valence electrons. The number of nitrogens with one attached hydrogen (secondary N) is 2. The lowest BCUT2D eigenvalue weighted by molar-refractivity contribution is 0.233. The molecular weight excluding hydrogens is 352 g/mol. The van der Waals surface area contributed by atoms with Gasteiger partial charge in [0.15, 0.2) is 5.84 Å². The van der Waals surface area contributed by atoms with Gasteiger partial charge in [-0.15, -0.1) is 0 Å². The van der Waals surface area contributed by atoms with Gasteiger partial charge >= 0.3 is 0 Å². The standard InChI is InChI=1S/C14H19FN5O4P/c1-9-8-10(4-5-11(9)15)17-13(18-21)12-14(20-24-19-12)23-7-6-16-25(2,3)22/h4-5,8,21H,6-7H2,1-3H3,(H,16,22)(H,17,18). The maximum Gasteiger partial charge on any atom is 0.287 e. The van der Waals surface area contributed by atoms with Gasteiger partial charge in [0.05, 0.1) is 5.69 Å². The summed E-state index contributed by atoms with van der Waals surface area (Å²) in [5.41, 5.74) is 2.74. The Morgan fingerprint density at radius 2 is 2.20 bits per heavy atom. The number of hydroxylamine groups is 1. The first kappa shape index (κ1) is 19.0. The monoisotopic (exact) mass is 371 g/mol. The molecular formula is C14H19FN5O4P. The van der Waals surface area contributed by atoms with E-state index in [0.717, 1.165) is 0 Å². The minimum Gasteiger partial charge on any atom is -0.472 e. The van der Waals surface area contributed by atoms with E-state index in [1.165, 1.54) is 18.2 Å². The van der Waals surface area contributed by atoms with Gasteiger partial charge in [-0.1, -0.05) is 0 Å². The maximum absolute atomic E-state index is 13.3. The Hall–Kier alpha value is -2.29. The van der Waals surface area contributed by atoms with Gasteiger partial charge < -0.3 is 9.30 Å². The van der Waals surface area contributed by atoms with Crippen LogP contribution in [-0.4, -0.2) is 47.8 Å². The van der Waals surface area contributed by atoms with Gasteiger partial charge in [0.2, 0.25) is 5.69 Å². The van der Waals surface area contributed by atoms with Crippen molar-refractivity contribution in [3.05, 3.63) is 35.3 Å². The third kappa shape index (κ3) is 5.63. The summed E-state index contributed by atoms with van der Waals surface area (Å²) in [6.45, 7) is 5.27. The SMILES string of the molecule is Cc1cc(N=C(NO)c2nonc2OCCNP(C)(C)=O)ccc1F. The molecule has 0 radical (unpaired) electrons. The number of hydrogen-bond donors (Lipinski definition) is 3. The first-order chi connectivity index (χ1) is 11.8. The van der Waals surface area contributed by atoms with Crippen LogP contribution in [0.15, 0.2) is 27.8 Å². The van der Waals surface area contributed by atoms with Gasteiger partial charge in [0.1, 0.15) is 19.7 Å². The molecule has 0 unspecified atom stereocenters. The van der Waals surface area contributed by atoms with E-state index in [9.17, 15) is 14.2 Å². The summed E-state index contributed by atoms with van der Waals surface area (Å²) >= 11 is 0. The first-order valence-electron chi connectivity index (χ1n) is 7.31. The fourth-order valence-corrected chi connectivity index (χ4v) is 2.47. The number of aliphatic imine (C=N–C) groups is 1. The molecule has 1 heterocycles. The normalized spacial score (nSPS) is 12.3. The van der Waals surface area contributed by atoms with Crippen molar-refractivity contribution in [3.8, 4) is 5.88 Å². The Kier molecular flexibility index (Phi) is 6.24. The van der Waals surface area contributed by atoms with Gasteiger partial charge in [0.25, 0.3) is 5.88 Å². The molecule has 0 aliphatic carbocycles. The van der Waals surface area contributed by atoms with E-state index < -0.39 is 7.29 Å². The maximum atomic E-state index is 13.3. The highest BCUT2D eigenvalue weighted by Crippen LogP contribution is 2.28. The molecule has 0 saturated carbocycles. The minimum atomic E-state index is -2.36. The zero-order chi connectivity index (χ0) is 18.4. The second-order valence-corrected chi connectivity index (χ2v) is 8.55. The number of hydrogen-bond acceptors (Lipinski definition) is 7. The highest BCUT2D eigenvalue weighted by Gasteiger charge is 2.18. The Balaban J connectivity index is 2.13. The molecule has 0 fully saturated rings. The largest absolute Gasteiger partial charge is 0.472 e. The van der Waals surface area contributed by atoms with Crippen molar-refractivity contribution in [1.82, 2.24) is 20.9 Å². The molecule has 0 spiro atoms. The topological polar surface area (TPSA) is 122 Å². The molecule has 0 bridgehead atoms. The van der Waals surface area contributed by atoms with Crippen LogP contribution in [0, 0.1) is 12.7 Å². The van der Waals surface area contributed by atoms with Crippen molar-refractivity contribution < 1.29 is 23.5 Å². The number of benzene rings is 1. The van der Waals surface area contributed by atoms with Crippen LogP contribution < -0.4 is 15.3 Å². The number of aryl methyl sites for hydroxylation is 1. The fourth-order valence-electron chi connectivity index (χ4n) is 1.84. The van der Waals surface area contributed by atoms with Crippen LogP contribution in [0.5, 0.6) is 5.88 Å². The van der Waals surface area contributed by atoms with Crippen molar-refractivity contribution in [2.75, 3.05) is 26.5 Å². The van der Waals surface area contributed by atoms with Gasteiger partial charge in [-0.05, 0) is 41.0 Å². The van der Waals surface area contributed by atoms with Crippen LogP contribution in [0.1, 0.15) is 11.3 Å². The van der Waals surface area contributed by atoms with Crippen LogP contribution in [-0.2, 0) is 4.57 Å². The molecule has 0 atom stereocenters. The third-order valence-electron chi connectivity index (χ3n) is 3.00. The van der Waals surface area contributed by atoms with Crippen LogP contribution in [0.4, 0.5) is 10.1 Å². The summed E-state index contributed by atoms with van der Waals surface area (Å²) in [5, 5.41) is 19.4. The zero-order valence-corrected chi connectivity index (χ0v) is 14.9. The molecule has 0 saturated heterocycles. The highest BCUT2D eigenvalue weighted by molar-refractivity contribution is 7.60. The predicted molar refractivity (Wildman–Crippen MR) is 89.5 cm³/mol. The Morgan fingerprint density at radius 1 is 1.44 bits per heavy atom. The Morgan fingerprint density at radius 3 is 2.84 bits per heavy atom. The number of nitrogens with zero attached hydrogens (tertiary/aromatic N) is 3. The number of amidine groups is 1. The highest BCUT2D eigenvalue weighted by atomic mass is 31.2. The predicted octanol–water partition coefficient (Wildman–Crippen LogP) is 2.08. The molecule has 0 aliphatic heterocycles. The molecule has 9 nitrogen and oxygen atoms in total. The van der Waals surface area contributed by atoms with E-state index in [1.54, 1.807) is 20.3 Å². The Bertz CT molecular complexity index is 804. The Labute approximate surface area is 143 Å². The lowest BCUT2D eigenvalue weighted by Gasteiger charge is -2.09. The molecule has 1 aromatic heterocycles. The third-order valence-corrected chi connectivity index (χ3v) is 3.99. The second kappa shape index (κ2) is 8.19. The first-order valence-corrected chi connectivity index (χ1v) is 9.91. The average Bonchev–Trinajstić information content (AvgIpc) is 3.00. The number of ether oxygens (including phenoxy) is 1. The van der Waals surface area contributed by atoms with Crippen molar-refractivity contribution in [1.29, 1.82) is 0 Å². The molecule has 2 rings (SSSR count). The van der Waals surface area contributed by atoms with Crippen molar-refractivity contribution in [3.63, 3.8) is 0 Å². The number of aromatic nitrogens is 2. The molecule has 2 aromatic rings. The van der Waals surface area contributed by atoms with Crippen molar-refractivity contribution in [2.45, 2.75) is 6.92 Å². The van der Waals surface area contributed by atoms with E-state index >= 15 is 0 Å². The summed E-state index contributed by atoms with van der Waals surface area (Å²) in [6.07, 6.45) is 0. The van der Waals surface area contributed by atoms with Gasteiger partial charge in [-0.3, -0.25) is 15.8 Å². The summed E-state index contributed by atoms with van der Waals surface area (Å²) in [6, 6.07) is 4.21.